The Morgan fingerprint density at radius 2 is 1.74 bits per heavy atom. The van der Waals surface area contributed by atoms with E-state index < -0.39 is 0 Å². The Kier molecular flexibility index (Phi) is 3.35. The van der Waals surface area contributed by atoms with Gasteiger partial charge in [0, 0.05) is 17.5 Å². The lowest BCUT2D eigenvalue weighted by molar-refractivity contribution is 0.296. The van der Waals surface area contributed by atoms with Crippen molar-refractivity contribution >= 4 is 11.6 Å². The average molecular weight is 282 g/mol. The van der Waals surface area contributed by atoms with E-state index in [9.17, 15) is 0 Å². The van der Waals surface area contributed by atoms with Gasteiger partial charge < -0.3 is 15.2 Å². The van der Waals surface area contributed by atoms with Crippen LogP contribution in [0, 0.1) is 6.92 Å². The molecule has 0 bridgehead atoms. The lowest BCUT2D eigenvalue weighted by Crippen LogP contribution is -2.34. The maximum atomic E-state index is 6.57. The van der Waals surface area contributed by atoms with Gasteiger partial charge in [-0.1, -0.05) is 24.4 Å². The van der Waals surface area contributed by atoms with Gasteiger partial charge in [0.15, 0.2) is 11.5 Å². The van der Waals surface area contributed by atoms with Crippen molar-refractivity contribution < 1.29 is 9.47 Å². The van der Waals surface area contributed by atoms with E-state index in [-0.39, 0.29) is 5.54 Å². The van der Waals surface area contributed by atoms with E-state index in [1.807, 2.05) is 6.07 Å². The van der Waals surface area contributed by atoms with Gasteiger partial charge in [0.05, 0.1) is 18.2 Å². The van der Waals surface area contributed by atoms with Crippen LogP contribution in [0.25, 0.3) is 0 Å². The van der Waals surface area contributed by atoms with Crippen molar-refractivity contribution in [2.75, 3.05) is 13.2 Å². The molecule has 0 unspecified atom stereocenters. The lowest BCUT2D eigenvalue weighted by Gasteiger charge is -2.28. The summed E-state index contributed by atoms with van der Waals surface area (Å²) < 4.78 is 11.6. The fourth-order valence-corrected chi connectivity index (χ4v) is 3.46. The van der Waals surface area contributed by atoms with Crippen molar-refractivity contribution in [2.45, 2.75) is 44.6 Å². The molecule has 3 rings (SSSR count). The fourth-order valence-electron chi connectivity index (χ4n) is 3.21. The Labute approximate surface area is 119 Å². The minimum Gasteiger partial charge on any atom is -0.489 e. The van der Waals surface area contributed by atoms with Crippen LogP contribution in [0.3, 0.4) is 0 Å². The Balaban J connectivity index is 2.12. The first-order valence-electron chi connectivity index (χ1n) is 7.00. The minimum absolute atomic E-state index is 0.252. The highest BCUT2D eigenvalue weighted by Gasteiger charge is 2.35. The third-order valence-electron chi connectivity index (χ3n) is 4.25. The summed E-state index contributed by atoms with van der Waals surface area (Å²) in [5.41, 5.74) is 8.53. The summed E-state index contributed by atoms with van der Waals surface area (Å²) >= 11 is 6.37. The zero-order chi connectivity index (χ0) is 13.5. The molecule has 3 nitrogen and oxygen atoms in total. The molecule has 4 heteroatoms. The third-order valence-corrected chi connectivity index (χ3v) is 4.53. The van der Waals surface area contributed by atoms with E-state index in [2.05, 4.69) is 6.92 Å². The second-order valence-electron chi connectivity index (χ2n) is 5.60. The summed E-state index contributed by atoms with van der Waals surface area (Å²) in [7, 11) is 0. The molecule has 19 heavy (non-hydrogen) atoms. The van der Waals surface area contributed by atoms with Gasteiger partial charge in [-0.2, -0.15) is 0 Å². The van der Waals surface area contributed by atoms with Crippen LogP contribution in [-0.2, 0) is 5.54 Å². The zero-order valence-corrected chi connectivity index (χ0v) is 12.1. The number of rotatable bonds is 1. The third kappa shape index (κ3) is 2.19. The number of halogens is 1. The van der Waals surface area contributed by atoms with Crippen LogP contribution in [0.4, 0.5) is 0 Å². The van der Waals surface area contributed by atoms with Crippen LogP contribution in [0.5, 0.6) is 11.5 Å². The second kappa shape index (κ2) is 4.88. The standard InChI is InChI=1S/C15H20ClNO2/c1-10-11(15(17)5-2-3-6-15)9-12(16)14-13(10)18-7-4-8-19-14/h9H,2-8,17H2,1H3. The van der Waals surface area contributed by atoms with Crippen molar-refractivity contribution in [3.05, 3.63) is 22.2 Å². The number of nitrogens with two attached hydrogens (primary N) is 1. The van der Waals surface area contributed by atoms with Gasteiger partial charge in [-0.25, -0.2) is 0 Å². The molecule has 2 aliphatic rings. The van der Waals surface area contributed by atoms with Crippen molar-refractivity contribution in [3.8, 4) is 11.5 Å². The second-order valence-corrected chi connectivity index (χ2v) is 6.01. The van der Waals surface area contributed by atoms with Crippen molar-refractivity contribution in [1.29, 1.82) is 0 Å². The summed E-state index contributed by atoms with van der Waals surface area (Å²) in [6.45, 7) is 3.39. The van der Waals surface area contributed by atoms with Gasteiger partial charge in [0.1, 0.15) is 0 Å². The summed E-state index contributed by atoms with van der Waals surface area (Å²) in [6.07, 6.45) is 5.28. The number of hydrogen-bond acceptors (Lipinski definition) is 3. The molecule has 0 atom stereocenters. The predicted octanol–water partition coefficient (Wildman–Crippen LogP) is 3.54. The van der Waals surface area contributed by atoms with Gasteiger partial charge in [-0.3, -0.25) is 0 Å². The SMILES string of the molecule is Cc1c(C2(N)CCCC2)cc(Cl)c2c1OCCCO2. The Morgan fingerprint density at radius 1 is 1.11 bits per heavy atom. The highest BCUT2D eigenvalue weighted by atomic mass is 35.5. The molecule has 0 saturated heterocycles. The van der Waals surface area contributed by atoms with Crippen LogP contribution < -0.4 is 15.2 Å². The average Bonchev–Trinajstić information content (AvgIpc) is 2.68. The van der Waals surface area contributed by atoms with Crippen molar-refractivity contribution in [3.63, 3.8) is 0 Å². The van der Waals surface area contributed by atoms with Crippen LogP contribution in [-0.4, -0.2) is 13.2 Å². The maximum absolute atomic E-state index is 6.57. The molecule has 1 aliphatic heterocycles. The largest absolute Gasteiger partial charge is 0.489 e. The molecule has 1 aromatic rings. The summed E-state index contributed by atoms with van der Waals surface area (Å²) in [5.74, 6) is 1.47. The molecule has 1 aliphatic carbocycles. The molecule has 1 saturated carbocycles. The molecular formula is C15H20ClNO2. The summed E-state index contributed by atoms with van der Waals surface area (Å²) in [5, 5.41) is 0.620. The quantitative estimate of drug-likeness (QED) is 0.856. The number of hydrogen-bond donors (Lipinski definition) is 1. The highest BCUT2D eigenvalue weighted by Crippen LogP contribution is 2.47. The van der Waals surface area contributed by atoms with Gasteiger partial charge in [-0.05, 0) is 31.4 Å². The van der Waals surface area contributed by atoms with E-state index >= 15 is 0 Å². The van der Waals surface area contributed by atoms with E-state index in [1.54, 1.807) is 0 Å². The fraction of sp³-hybridized carbons (Fsp3) is 0.600. The predicted molar refractivity (Wildman–Crippen MR) is 76.1 cm³/mol. The van der Waals surface area contributed by atoms with Gasteiger partial charge >= 0.3 is 0 Å². The van der Waals surface area contributed by atoms with E-state index in [4.69, 9.17) is 26.8 Å². The lowest BCUT2D eigenvalue weighted by atomic mass is 9.86. The number of benzene rings is 1. The Morgan fingerprint density at radius 3 is 2.42 bits per heavy atom. The smallest absolute Gasteiger partial charge is 0.180 e. The molecule has 1 heterocycles. The highest BCUT2D eigenvalue weighted by molar-refractivity contribution is 6.32. The van der Waals surface area contributed by atoms with Crippen LogP contribution >= 0.6 is 11.6 Å². The molecule has 0 aromatic heterocycles. The summed E-state index contributed by atoms with van der Waals surface area (Å²) in [4.78, 5) is 0. The number of ether oxygens (including phenoxy) is 2. The topological polar surface area (TPSA) is 44.5 Å². The van der Waals surface area contributed by atoms with Gasteiger partial charge in [0.25, 0.3) is 0 Å². The normalized spacial score (nSPS) is 21.2. The minimum atomic E-state index is -0.252. The monoisotopic (exact) mass is 281 g/mol. The van der Waals surface area contributed by atoms with E-state index in [0.717, 1.165) is 36.1 Å². The molecule has 0 radical (unpaired) electrons. The van der Waals surface area contributed by atoms with Gasteiger partial charge in [0.2, 0.25) is 0 Å². The Bertz CT molecular complexity index is 495. The van der Waals surface area contributed by atoms with Crippen LogP contribution in [0.2, 0.25) is 5.02 Å². The molecule has 1 fully saturated rings. The first-order chi connectivity index (χ1) is 9.12. The van der Waals surface area contributed by atoms with Crippen LogP contribution in [0.1, 0.15) is 43.2 Å². The Hall–Kier alpha value is -0.930. The van der Waals surface area contributed by atoms with E-state index in [0.29, 0.717) is 24.0 Å². The zero-order valence-electron chi connectivity index (χ0n) is 11.3. The van der Waals surface area contributed by atoms with Crippen LogP contribution in [0.15, 0.2) is 6.07 Å². The maximum Gasteiger partial charge on any atom is 0.180 e. The molecule has 2 N–H and O–H groups in total. The number of fused-ring (bicyclic) bond motifs is 1. The molecule has 1 aromatic carbocycles. The first kappa shape index (κ1) is 13.1. The van der Waals surface area contributed by atoms with Crippen molar-refractivity contribution in [1.82, 2.24) is 0 Å². The first-order valence-corrected chi connectivity index (χ1v) is 7.38. The van der Waals surface area contributed by atoms with E-state index in [1.165, 1.54) is 12.8 Å². The molecular weight excluding hydrogens is 262 g/mol. The summed E-state index contributed by atoms with van der Waals surface area (Å²) in [6, 6.07) is 1.98. The molecule has 0 amide bonds. The van der Waals surface area contributed by atoms with Crippen molar-refractivity contribution in [2.24, 2.45) is 5.73 Å². The molecule has 0 spiro atoms. The molecule has 104 valence electrons. The van der Waals surface area contributed by atoms with Gasteiger partial charge in [-0.15, -0.1) is 0 Å².